The Hall–Kier alpha value is -0.930. The summed E-state index contributed by atoms with van der Waals surface area (Å²) >= 11 is 5.88. The summed E-state index contributed by atoms with van der Waals surface area (Å²) in [6, 6.07) is 6.35. The first-order chi connectivity index (χ1) is 9.16. The lowest BCUT2D eigenvalue weighted by molar-refractivity contribution is 0.160. The summed E-state index contributed by atoms with van der Waals surface area (Å²) in [7, 11) is 0. The van der Waals surface area contributed by atoms with Crippen LogP contribution in [0.2, 0.25) is 5.02 Å². The van der Waals surface area contributed by atoms with Crippen molar-refractivity contribution < 1.29 is 0 Å². The first-order valence-corrected chi connectivity index (χ1v) is 7.57. The highest BCUT2D eigenvalue weighted by Gasteiger charge is 2.16. The fraction of sp³-hybridized carbons (Fsp3) is 0.600. The molecule has 1 aromatic rings. The summed E-state index contributed by atoms with van der Waals surface area (Å²) in [4.78, 5) is 2.59. The van der Waals surface area contributed by atoms with Crippen LogP contribution in [0.3, 0.4) is 0 Å². The average molecular weight is 282 g/mol. The molecule has 3 nitrogen and oxygen atoms in total. The van der Waals surface area contributed by atoms with E-state index < -0.39 is 0 Å². The summed E-state index contributed by atoms with van der Waals surface area (Å²) < 4.78 is 0. The molecule has 106 valence electrons. The van der Waals surface area contributed by atoms with E-state index in [2.05, 4.69) is 17.1 Å². The number of anilines is 2. The minimum absolute atomic E-state index is 0.685. The Kier molecular flexibility index (Phi) is 5.34. The van der Waals surface area contributed by atoms with Crippen LogP contribution in [-0.2, 0) is 0 Å². The number of rotatable bonds is 5. The van der Waals surface area contributed by atoms with Crippen LogP contribution in [0, 0.1) is 0 Å². The lowest BCUT2D eigenvalue weighted by atomic mass is 10.0. The summed E-state index contributed by atoms with van der Waals surface area (Å²) in [5, 5.41) is 4.07. The van der Waals surface area contributed by atoms with Crippen LogP contribution < -0.4 is 11.1 Å². The third-order valence-electron chi connectivity index (χ3n) is 3.89. The Bertz CT molecular complexity index is 408. The van der Waals surface area contributed by atoms with E-state index in [1.165, 1.54) is 32.4 Å². The Morgan fingerprint density at radius 2 is 2.26 bits per heavy atom. The molecule has 0 aromatic heterocycles. The molecule has 1 atom stereocenters. The van der Waals surface area contributed by atoms with E-state index in [0.29, 0.717) is 5.02 Å². The molecular formula is C15H24ClN3. The van der Waals surface area contributed by atoms with Gasteiger partial charge in [-0.05, 0) is 50.9 Å². The molecule has 0 bridgehead atoms. The monoisotopic (exact) mass is 281 g/mol. The molecule has 19 heavy (non-hydrogen) atoms. The molecule has 3 N–H and O–H groups in total. The molecule has 1 aromatic carbocycles. The third-order valence-corrected chi connectivity index (χ3v) is 4.13. The number of hydrogen-bond donors (Lipinski definition) is 2. The molecule has 0 amide bonds. The summed E-state index contributed by atoms with van der Waals surface area (Å²) in [5.41, 5.74) is 7.61. The molecule has 1 unspecified atom stereocenters. The van der Waals surface area contributed by atoms with Gasteiger partial charge in [-0.2, -0.15) is 0 Å². The predicted octanol–water partition coefficient (Wildman–Crippen LogP) is 3.60. The largest absolute Gasteiger partial charge is 0.397 e. The van der Waals surface area contributed by atoms with Gasteiger partial charge in [0.2, 0.25) is 0 Å². The topological polar surface area (TPSA) is 41.3 Å². The first kappa shape index (κ1) is 14.5. The van der Waals surface area contributed by atoms with Crippen LogP contribution in [0.4, 0.5) is 11.4 Å². The van der Waals surface area contributed by atoms with Crippen molar-refractivity contribution in [2.75, 3.05) is 30.7 Å². The zero-order valence-corrected chi connectivity index (χ0v) is 12.4. The van der Waals surface area contributed by atoms with Crippen molar-refractivity contribution in [3.63, 3.8) is 0 Å². The van der Waals surface area contributed by atoms with Crippen molar-refractivity contribution in [1.82, 2.24) is 4.90 Å². The molecule has 0 aliphatic carbocycles. The van der Waals surface area contributed by atoms with Gasteiger partial charge in [-0.3, -0.25) is 0 Å². The molecule has 1 heterocycles. The molecule has 0 radical (unpaired) electrons. The number of nitrogens with one attached hydrogen (secondary N) is 1. The number of piperidine rings is 1. The van der Waals surface area contributed by atoms with E-state index in [1.54, 1.807) is 6.07 Å². The highest BCUT2D eigenvalue weighted by Crippen LogP contribution is 2.22. The van der Waals surface area contributed by atoms with Gasteiger partial charge in [0.05, 0.1) is 11.4 Å². The quantitative estimate of drug-likeness (QED) is 0.640. The minimum atomic E-state index is 0.685. The molecule has 1 aliphatic rings. The van der Waals surface area contributed by atoms with Gasteiger partial charge in [0.15, 0.2) is 0 Å². The highest BCUT2D eigenvalue weighted by atomic mass is 35.5. The van der Waals surface area contributed by atoms with Crippen LogP contribution in [0.1, 0.15) is 32.6 Å². The van der Waals surface area contributed by atoms with Crippen LogP contribution in [0.25, 0.3) is 0 Å². The van der Waals surface area contributed by atoms with Crippen molar-refractivity contribution in [2.45, 2.75) is 38.6 Å². The SMILES string of the molecule is CC1CCCCN1CCCNc1ccc(Cl)cc1N. The Morgan fingerprint density at radius 1 is 1.42 bits per heavy atom. The summed E-state index contributed by atoms with van der Waals surface area (Å²) in [5.74, 6) is 0. The number of halogens is 1. The number of nitrogens with zero attached hydrogens (tertiary/aromatic N) is 1. The maximum atomic E-state index is 5.91. The molecule has 0 spiro atoms. The van der Waals surface area contributed by atoms with Crippen molar-refractivity contribution in [2.24, 2.45) is 0 Å². The van der Waals surface area contributed by atoms with Crippen molar-refractivity contribution in [3.05, 3.63) is 23.2 Å². The zero-order valence-electron chi connectivity index (χ0n) is 11.7. The van der Waals surface area contributed by atoms with E-state index >= 15 is 0 Å². The standard InChI is InChI=1S/C15H24ClN3/c1-12-5-2-3-9-19(12)10-4-8-18-15-7-6-13(16)11-14(15)17/h6-7,11-12,18H,2-5,8-10,17H2,1H3. The van der Waals surface area contributed by atoms with Crippen molar-refractivity contribution in [1.29, 1.82) is 0 Å². The van der Waals surface area contributed by atoms with Crippen molar-refractivity contribution in [3.8, 4) is 0 Å². The molecule has 4 heteroatoms. The molecule has 1 saturated heterocycles. The maximum absolute atomic E-state index is 5.91. The predicted molar refractivity (Wildman–Crippen MR) is 83.9 cm³/mol. The van der Waals surface area contributed by atoms with Crippen molar-refractivity contribution >= 4 is 23.0 Å². The van der Waals surface area contributed by atoms with Crippen LogP contribution in [-0.4, -0.2) is 30.6 Å². The molecule has 2 rings (SSSR count). The van der Waals surface area contributed by atoms with Gasteiger partial charge in [0.1, 0.15) is 0 Å². The molecular weight excluding hydrogens is 258 g/mol. The van der Waals surface area contributed by atoms with Gasteiger partial charge >= 0.3 is 0 Å². The first-order valence-electron chi connectivity index (χ1n) is 7.20. The average Bonchev–Trinajstić information content (AvgIpc) is 2.38. The van der Waals surface area contributed by atoms with E-state index in [1.807, 2.05) is 12.1 Å². The van der Waals surface area contributed by atoms with E-state index in [0.717, 1.165) is 30.4 Å². The van der Waals surface area contributed by atoms with Gasteiger partial charge in [0.25, 0.3) is 0 Å². The molecule has 1 fully saturated rings. The summed E-state index contributed by atoms with van der Waals surface area (Å²) in [6.45, 7) is 5.71. The lowest BCUT2D eigenvalue weighted by Crippen LogP contribution is -2.38. The molecule has 1 aliphatic heterocycles. The number of hydrogen-bond acceptors (Lipinski definition) is 3. The zero-order chi connectivity index (χ0) is 13.7. The van der Waals surface area contributed by atoms with Crippen LogP contribution >= 0.6 is 11.6 Å². The van der Waals surface area contributed by atoms with Gasteiger partial charge in [-0.15, -0.1) is 0 Å². The van der Waals surface area contributed by atoms with Gasteiger partial charge in [-0.25, -0.2) is 0 Å². The minimum Gasteiger partial charge on any atom is -0.397 e. The Labute approximate surface area is 121 Å². The Morgan fingerprint density at radius 3 is 3.00 bits per heavy atom. The molecule has 0 saturated carbocycles. The lowest BCUT2D eigenvalue weighted by Gasteiger charge is -2.33. The number of benzene rings is 1. The number of nitrogens with two attached hydrogens (primary N) is 1. The fourth-order valence-electron chi connectivity index (χ4n) is 2.69. The number of likely N-dealkylation sites (tertiary alicyclic amines) is 1. The van der Waals surface area contributed by atoms with Gasteiger partial charge in [0, 0.05) is 24.2 Å². The Balaban J connectivity index is 1.71. The smallest absolute Gasteiger partial charge is 0.0574 e. The summed E-state index contributed by atoms with van der Waals surface area (Å²) in [6.07, 6.45) is 5.23. The normalized spacial score (nSPS) is 20.4. The van der Waals surface area contributed by atoms with Crippen LogP contribution in [0.15, 0.2) is 18.2 Å². The van der Waals surface area contributed by atoms with E-state index in [4.69, 9.17) is 17.3 Å². The second-order valence-corrected chi connectivity index (χ2v) is 5.83. The van der Waals surface area contributed by atoms with E-state index in [-0.39, 0.29) is 0 Å². The maximum Gasteiger partial charge on any atom is 0.0574 e. The van der Waals surface area contributed by atoms with Crippen LogP contribution in [0.5, 0.6) is 0 Å². The number of nitrogen functional groups attached to an aromatic ring is 1. The fourth-order valence-corrected chi connectivity index (χ4v) is 2.87. The second kappa shape index (κ2) is 7.01. The highest BCUT2D eigenvalue weighted by molar-refractivity contribution is 6.31. The van der Waals surface area contributed by atoms with Gasteiger partial charge in [-0.1, -0.05) is 18.0 Å². The van der Waals surface area contributed by atoms with E-state index in [9.17, 15) is 0 Å². The third kappa shape index (κ3) is 4.29. The van der Waals surface area contributed by atoms with Gasteiger partial charge < -0.3 is 16.0 Å². The second-order valence-electron chi connectivity index (χ2n) is 5.39.